The quantitative estimate of drug-likeness (QED) is 0.884. The summed E-state index contributed by atoms with van der Waals surface area (Å²) in [5.41, 5.74) is 1.18. The van der Waals surface area contributed by atoms with Gasteiger partial charge in [0.2, 0.25) is 0 Å². The summed E-state index contributed by atoms with van der Waals surface area (Å²) in [6, 6.07) is 0.363. The Labute approximate surface area is 114 Å². The summed E-state index contributed by atoms with van der Waals surface area (Å²) in [7, 11) is 2.18. The van der Waals surface area contributed by atoms with Crippen LogP contribution in [0.15, 0.2) is 5.38 Å². The molecule has 0 aromatic carbocycles. The van der Waals surface area contributed by atoms with E-state index in [9.17, 15) is 0 Å². The molecule has 0 aliphatic carbocycles. The highest BCUT2D eigenvalue weighted by Gasteiger charge is 2.18. The second kappa shape index (κ2) is 6.50. The van der Waals surface area contributed by atoms with Gasteiger partial charge in [-0.25, -0.2) is 4.98 Å². The first-order valence-electron chi connectivity index (χ1n) is 6.83. The molecule has 1 atom stereocenters. The second-order valence-electron chi connectivity index (χ2n) is 5.02. The van der Waals surface area contributed by atoms with Crippen molar-refractivity contribution in [3.8, 4) is 0 Å². The summed E-state index contributed by atoms with van der Waals surface area (Å²) in [5, 5.41) is 6.87. The van der Waals surface area contributed by atoms with Crippen LogP contribution in [0.3, 0.4) is 0 Å². The van der Waals surface area contributed by atoms with Crippen molar-refractivity contribution in [1.29, 1.82) is 0 Å². The van der Waals surface area contributed by atoms with E-state index in [1.807, 2.05) is 0 Å². The molecule has 18 heavy (non-hydrogen) atoms. The molecule has 0 saturated carbocycles. The number of rotatable bonds is 5. The summed E-state index contributed by atoms with van der Waals surface area (Å²) in [5.74, 6) is 0. The Morgan fingerprint density at radius 1 is 1.39 bits per heavy atom. The number of nitrogens with one attached hydrogen (secondary N) is 1. The molecule has 0 radical (unpaired) electrons. The van der Waals surface area contributed by atoms with E-state index in [4.69, 9.17) is 4.98 Å². The Morgan fingerprint density at radius 3 is 2.78 bits per heavy atom. The van der Waals surface area contributed by atoms with Crippen molar-refractivity contribution in [2.24, 2.45) is 0 Å². The maximum Gasteiger partial charge on any atom is 0.185 e. The minimum Gasteiger partial charge on any atom is -0.346 e. The zero-order valence-electron chi connectivity index (χ0n) is 11.6. The molecule has 1 fully saturated rings. The van der Waals surface area contributed by atoms with Gasteiger partial charge in [-0.3, -0.25) is 0 Å². The highest BCUT2D eigenvalue weighted by molar-refractivity contribution is 7.13. The standard InChI is InChI=1S/C13H24N4S/c1-4-5-14-11(2)12-10-18-13(15-12)17-8-6-16(3)7-9-17/h10-11,14H,4-9H2,1-3H3. The summed E-state index contributed by atoms with van der Waals surface area (Å²) < 4.78 is 0. The van der Waals surface area contributed by atoms with Crippen molar-refractivity contribution in [2.45, 2.75) is 26.3 Å². The Kier molecular flexibility index (Phi) is 4.97. The predicted molar refractivity (Wildman–Crippen MR) is 78.5 cm³/mol. The van der Waals surface area contributed by atoms with Gasteiger partial charge in [-0.05, 0) is 26.9 Å². The summed E-state index contributed by atoms with van der Waals surface area (Å²) >= 11 is 1.78. The molecular weight excluding hydrogens is 244 g/mol. The number of thiazole rings is 1. The molecule has 1 aromatic heterocycles. The van der Waals surface area contributed by atoms with Gasteiger partial charge in [0.05, 0.1) is 5.69 Å². The van der Waals surface area contributed by atoms with E-state index in [1.54, 1.807) is 11.3 Å². The summed E-state index contributed by atoms with van der Waals surface area (Å²) in [4.78, 5) is 9.55. The van der Waals surface area contributed by atoms with E-state index in [-0.39, 0.29) is 0 Å². The molecular formula is C13H24N4S. The lowest BCUT2D eigenvalue weighted by Gasteiger charge is -2.32. The minimum absolute atomic E-state index is 0.363. The van der Waals surface area contributed by atoms with Gasteiger partial charge < -0.3 is 15.1 Å². The maximum atomic E-state index is 4.78. The van der Waals surface area contributed by atoms with Crippen molar-refractivity contribution in [3.05, 3.63) is 11.1 Å². The van der Waals surface area contributed by atoms with Gasteiger partial charge in [0.15, 0.2) is 5.13 Å². The van der Waals surface area contributed by atoms with Gasteiger partial charge in [0, 0.05) is 37.6 Å². The SMILES string of the molecule is CCCNC(C)c1csc(N2CCN(C)CC2)n1. The van der Waals surface area contributed by atoms with Crippen LogP contribution in [0.4, 0.5) is 5.13 Å². The van der Waals surface area contributed by atoms with Gasteiger partial charge in [0.25, 0.3) is 0 Å². The molecule has 2 heterocycles. The number of nitrogens with zero attached hydrogens (tertiary/aromatic N) is 3. The molecule has 102 valence electrons. The lowest BCUT2D eigenvalue weighted by Crippen LogP contribution is -2.44. The normalized spacial score (nSPS) is 19.2. The van der Waals surface area contributed by atoms with Crippen LogP contribution in [0.25, 0.3) is 0 Å². The highest BCUT2D eigenvalue weighted by Crippen LogP contribution is 2.24. The Bertz CT molecular complexity index is 358. The van der Waals surface area contributed by atoms with Crippen molar-refractivity contribution in [1.82, 2.24) is 15.2 Å². The molecule has 0 amide bonds. The first-order valence-corrected chi connectivity index (χ1v) is 7.71. The number of likely N-dealkylation sites (N-methyl/N-ethyl adjacent to an activating group) is 1. The topological polar surface area (TPSA) is 31.4 Å². The van der Waals surface area contributed by atoms with E-state index in [1.165, 1.54) is 17.2 Å². The molecule has 0 bridgehead atoms. The van der Waals surface area contributed by atoms with Crippen LogP contribution in [0.2, 0.25) is 0 Å². The Balaban J connectivity index is 1.93. The molecule has 1 saturated heterocycles. The van der Waals surface area contributed by atoms with Crippen molar-refractivity contribution in [2.75, 3.05) is 44.7 Å². The number of hydrogen-bond donors (Lipinski definition) is 1. The van der Waals surface area contributed by atoms with E-state index in [2.05, 4.69) is 41.4 Å². The molecule has 1 N–H and O–H groups in total. The summed E-state index contributed by atoms with van der Waals surface area (Å²) in [6.45, 7) is 9.91. The van der Waals surface area contributed by atoms with E-state index >= 15 is 0 Å². The maximum absolute atomic E-state index is 4.78. The zero-order chi connectivity index (χ0) is 13.0. The average Bonchev–Trinajstić information content (AvgIpc) is 2.86. The third-order valence-electron chi connectivity index (χ3n) is 3.43. The zero-order valence-corrected chi connectivity index (χ0v) is 12.5. The lowest BCUT2D eigenvalue weighted by molar-refractivity contribution is 0.312. The number of aromatic nitrogens is 1. The molecule has 1 aromatic rings. The molecule has 1 unspecified atom stereocenters. The van der Waals surface area contributed by atoms with Crippen LogP contribution < -0.4 is 10.2 Å². The second-order valence-corrected chi connectivity index (χ2v) is 5.86. The van der Waals surface area contributed by atoms with Crippen LogP contribution in [-0.4, -0.2) is 49.7 Å². The molecule has 1 aliphatic rings. The van der Waals surface area contributed by atoms with Crippen LogP contribution in [0, 0.1) is 0 Å². The first-order chi connectivity index (χ1) is 8.70. The third kappa shape index (κ3) is 3.43. The number of piperazine rings is 1. The molecule has 2 rings (SSSR count). The fourth-order valence-corrected chi connectivity index (χ4v) is 3.06. The van der Waals surface area contributed by atoms with Crippen LogP contribution in [0.5, 0.6) is 0 Å². The average molecular weight is 268 g/mol. The molecule has 5 heteroatoms. The van der Waals surface area contributed by atoms with Gasteiger partial charge in [-0.2, -0.15) is 0 Å². The Morgan fingerprint density at radius 2 is 2.11 bits per heavy atom. The molecule has 0 spiro atoms. The van der Waals surface area contributed by atoms with Crippen LogP contribution >= 0.6 is 11.3 Å². The molecule has 4 nitrogen and oxygen atoms in total. The highest BCUT2D eigenvalue weighted by atomic mass is 32.1. The van der Waals surface area contributed by atoms with E-state index < -0.39 is 0 Å². The van der Waals surface area contributed by atoms with Gasteiger partial charge >= 0.3 is 0 Å². The van der Waals surface area contributed by atoms with E-state index in [0.717, 1.165) is 32.7 Å². The smallest absolute Gasteiger partial charge is 0.185 e. The largest absolute Gasteiger partial charge is 0.346 e. The van der Waals surface area contributed by atoms with E-state index in [0.29, 0.717) is 6.04 Å². The third-order valence-corrected chi connectivity index (χ3v) is 4.35. The van der Waals surface area contributed by atoms with Gasteiger partial charge in [-0.1, -0.05) is 6.92 Å². The fraction of sp³-hybridized carbons (Fsp3) is 0.769. The monoisotopic (exact) mass is 268 g/mol. The van der Waals surface area contributed by atoms with Crippen LogP contribution in [0.1, 0.15) is 32.0 Å². The van der Waals surface area contributed by atoms with Crippen molar-refractivity contribution >= 4 is 16.5 Å². The predicted octanol–water partition coefficient (Wildman–Crippen LogP) is 1.96. The first kappa shape index (κ1) is 13.8. The Hall–Kier alpha value is -0.650. The van der Waals surface area contributed by atoms with Crippen molar-refractivity contribution < 1.29 is 0 Å². The molecule has 1 aliphatic heterocycles. The number of hydrogen-bond acceptors (Lipinski definition) is 5. The number of anilines is 1. The fourth-order valence-electron chi connectivity index (χ4n) is 2.08. The minimum atomic E-state index is 0.363. The van der Waals surface area contributed by atoms with Gasteiger partial charge in [0.1, 0.15) is 0 Å². The van der Waals surface area contributed by atoms with Gasteiger partial charge in [-0.15, -0.1) is 11.3 Å². The summed E-state index contributed by atoms with van der Waals surface area (Å²) in [6.07, 6.45) is 1.17. The van der Waals surface area contributed by atoms with Crippen molar-refractivity contribution in [3.63, 3.8) is 0 Å². The van der Waals surface area contributed by atoms with Crippen LogP contribution in [-0.2, 0) is 0 Å². The lowest BCUT2D eigenvalue weighted by atomic mass is 10.2.